The van der Waals surface area contributed by atoms with Gasteiger partial charge in [0.2, 0.25) is 0 Å². The van der Waals surface area contributed by atoms with E-state index >= 15 is 0 Å². The summed E-state index contributed by atoms with van der Waals surface area (Å²) in [4.78, 5) is 30.1. The molecule has 0 radical (unpaired) electrons. The van der Waals surface area contributed by atoms with Crippen LogP contribution in [0.1, 0.15) is 27.2 Å². The van der Waals surface area contributed by atoms with Crippen LogP contribution in [0.3, 0.4) is 0 Å². The first-order valence-electron chi connectivity index (χ1n) is 5.86. The molecule has 0 fully saturated rings. The van der Waals surface area contributed by atoms with E-state index in [2.05, 4.69) is 11.9 Å². The number of hydrogen-bond donors (Lipinski definition) is 0. The highest BCUT2D eigenvalue weighted by Gasteiger charge is 2.12. The summed E-state index contributed by atoms with van der Waals surface area (Å²) in [5, 5.41) is 0. The SMILES string of the molecule is CCc1ccc(C(=O)Cn2cnc(C)c(I)c2=O)s1. The van der Waals surface area contributed by atoms with Gasteiger partial charge < -0.3 is 0 Å². The van der Waals surface area contributed by atoms with E-state index in [9.17, 15) is 9.59 Å². The Morgan fingerprint density at radius 1 is 1.47 bits per heavy atom. The number of carbonyl (C=O) groups is 1. The Balaban J connectivity index is 2.24. The first kappa shape index (κ1) is 14.4. The van der Waals surface area contributed by atoms with Crippen molar-refractivity contribution in [1.82, 2.24) is 9.55 Å². The minimum absolute atomic E-state index is 0.0474. The van der Waals surface area contributed by atoms with Crippen LogP contribution in [-0.2, 0) is 13.0 Å². The largest absolute Gasteiger partial charge is 0.291 e. The lowest BCUT2D eigenvalue weighted by molar-refractivity contribution is 0.0974. The monoisotopic (exact) mass is 388 g/mol. The fourth-order valence-electron chi connectivity index (χ4n) is 1.61. The van der Waals surface area contributed by atoms with Gasteiger partial charge in [-0.1, -0.05) is 6.92 Å². The summed E-state index contributed by atoms with van der Waals surface area (Å²) in [6, 6.07) is 3.78. The van der Waals surface area contributed by atoms with Crippen LogP contribution in [0.4, 0.5) is 0 Å². The second-order valence-corrected chi connectivity index (χ2v) is 6.37. The fourth-order valence-corrected chi connectivity index (χ4v) is 2.94. The lowest BCUT2D eigenvalue weighted by atomic mass is 10.3. The summed E-state index contributed by atoms with van der Waals surface area (Å²) >= 11 is 3.45. The number of Topliss-reactive ketones (excluding diaryl/α,β-unsaturated/α-hetero) is 1. The fraction of sp³-hybridized carbons (Fsp3) is 0.308. The van der Waals surface area contributed by atoms with Gasteiger partial charge in [-0.05, 0) is 48.1 Å². The molecule has 2 rings (SSSR count). The van der Waals surface area contributed by atoms with Gasteiger partial charge in [0.15, 0.2) is 5.78 Å². The molecule has 0 spiro atoms. The first-order valence-corrected chi connectivity index (χ1v) is 7.76. The van der Waals surface area contributed by atoms with Crippen LogP contribution in [0.25, 0.3) is 0 Å². The first-order chi connectivity index (χ1) is 9.02. The molecule has 0 atom stereocenters. The molecule has 4 nitrogen and oxygen atoms in total. The lowest BCUT2D eigenvalue weighted by Crippen LogP contribution is -2.27. The molecule has 0 N–H and O–H groups in total. The van der Waals surface area contributed by atoms with E-state index in [-0.39, 0.29) is 17.9 Å². The van der Waals surface area contributed by atoms with Crippen molar-refractivity contribution in [2.75, 3.05) is 0 Å². The van der Waals surface area contributed by atoms with Crippen LogP contribution in [0.15, 0.2) is 23.3 Å². The van der Waals surface area contributed by atoms with Crippen LogP contribution >= 0.6 is 33.9 Å². The highest BCUT2D eigenvalue weighted by molar-refractivity contribution is 14.1. The van der Waals surface area contributed by atoms with E-state index in [1.165, 1.54) is 27.1 Å². The second kappa shape index (κ2) is 5.96. The van der Waals surface area contributed by atoms with Gasteiger partial charge in [-0.2, -0.15) is 0 Å². The number of aryl methyl sites for hydroxylation is 2. The van der Waals surface area contributed by atoms with Gasteiger partial charge in [-0.3, -0.25) is 14.2 Å². The number of nitrogens with zero attached hydrogens (tertiary/aromatic N) is 2. The summed E-state index contributed by atoms with van der Waals surface area (Å²) in [7, 11) is 0. The zero-order valence-corrected chi connectivity index (χ0v) is 13.6. The van der Waals surface area contributed by atoms with Gasteiger partial charge in [0, 0.05) is 4.88 Å². The van der Waals surface area contributed by atoms with Gasteiger partial charge >= 0.3 is 0 Å². The Labute approximate surface area is 128 Å². The third kappa shape index (κ3) is 3.11. The smallest absolute Gasteiger partial charge is 0.267 e. The predicted octanol–water partition coefficient (Wildman–Crippen LogP) is 2.66. The molecular weight excluding hydrogens is 375 g/mol. The van der Waals surface area contributed by atoms with E-state index in [1.807, 2.05) is 34.7 Å². The molecule has 19 heavy (non-hydrogen) atoms. The average molecular weight is 388 g/mol. The predicted molar refractivity (Wildman–Crippen MR) is 84.0 cm³/mol. The van der Waals surface area contributed by atoms with E-state index in [4.69, 9.17) is 0 Å². The van der Waals surface area contributed by atoms with Crippen molar-refractivity contribution in [3.05, 3.63) is 47.8 Å². The van der Waals surface area contributed by atoms with E-state index in [0.29, 0.717) is 14.1 Å². The van der Waals surface area contributed by atoms with Crippen LogP contribution in [0.2, 0.25) is 0 Å². The highest BCUT2D eigenvalue weighted by Crippen LogP contribution is 2.17. The van der Waals surface area contributed by atoms with E-state index in [1.54, 1.807) is 6.92 Å². The molecule has 2 aromatic rings. The molecule has 0 bridgehead atoms. The van der Waals surface area contributed by atoms with Crippen molar-refractivity contribution >= 4 is 39.7 Å². The molecule has 0 saturated heterocycles. The van der Waals surface area contributed by atoms with Crippen LogP contribution in [0.5, 0.6) is 0 Å². The third-order valence-corrected chi connectivity index (χ3v) is 5.27. The van der Waals surface area contributed by atoms with Crippen molar-refractivity contribution in [3.63, 3.8) is 0 Å². The number of hydrogen-bond acceptors (Lipinski definition) is 4. The average Bonchev–Trinajstić information content (AvgIpc) is 2.88. The minimum atomic E-state index is -0.159. The maximum Gasteiger partial charge on any atom is 0.267 e. The molecule has 0 saturated carbocycles. The number of halogens is 1. The molecule has 100 valence electrons. The Hall–Kier alpha value is -1.02. The number of thiophene rings is 1. The molecule has 0 unspecified atom stereocenters. The van der Waals surface area contributed by atoms with E-state index < -0.39 is 0 Å². The van der Waals surface area contributed by atoms with Crippen LogP contribution in [-0.4, -0.2) is 15.3 Å². The van der Waals surface area contributed by atoms with Gasteiger partial charge in [0.05, 0.1) is 27.0 Å². The standard InChI is InChI=1S/C13H13IN2O2S/c1-3-9-4-5-11(19-9)10(17)6-16-7-15-8(2)12(14)13(16)18/h4-5,7H,3,6H2,1-2H3. The Bertz CT molecular complexity index is 676. The number of aromatic nitrogens is 2. The molecule has 0 amide bonds. The van der Waals surface area contributed by atoms with Crippen molar-refractivity contribution in [3.8, 4) is 0 Å². The second-order valence-electron chi connectivity index (χ2n) is 4.12. The maximum atomic E-state index is 12.1. The van der Waals surface area contributed by atoms with Gasteiger partial charge in [0.25, 0.3) is 5.56 Å². The molecule has 0 aliphatic heterocycles. The summed E-state index contributed by atoms with van der Waals surface area (Å²) in [5.41, 5.74) is 0.535. The molecule has 0 aliphatic rings. The molecule has 0 aliphatic carbocycles. The normalized spacial score (nSPS) is 10.7. The summed E-state index contributed by atoms with van der Waals surface area (Å²) in [5.74, 6) is -0.0479. The summed E-state index contributed by atoms with van der Waals surface area (Å²) in [6.45, 7) is 3.88. The van der Waals surface area contributed by atoms with Crippen molar-refractivity contribution < 1.29 is 4.79 Å². The van der Waals surface area contributed by atoms with Crippen molar-refractivity contribution in [2.24, 2.45) is 0 Å². The molecule has 2 heterocycles. The molecule has 2 aromatic heterocycles. The Kier molecular flexibility index (Phi) is 4.51. The lowest BCUT2D eigenvalue weighted by Gasteiger charge is -2.05. The van der Waals surface area contributed by atoms with E-state index in [0.717, 1.165) is 6.42 Å². The van der Waals surface area contributed by atoms with Crippen molar-refractivity contribution in [1.29, 1.82) is 0 Å². The zero-order valence-electron chi connectivity index (χ0n) is 10.6. The Morgan fingerprint density at radius 3 is 2.84 bits per heavy atom. The zero-order chi connectivity index (χ0) is 14.0. The molecular formula is C13H13IN2O2S. The molecule has 6 heteroatoms. The summed E-state index contributed by atoms with van der Waals surface area (Å²) in [6.07, 6.45) is 2.36. The maximum absolute atomic E-state index is 12.1. The van der Waals surface area contributed by atoms with Gasteiger partial charge in [0.1, 0.15) is 0 Å². The third-order valence-electron chi connectivity index (χ3n) is 2.76. The van der Waals surface area contributed by atoms with Crippen LogP contribution < -0.4 is 5.56 Å². The number of rotatable bonds is 4. The summed E-state index contributed by atoms with van der Waals surface area (Å²) < 4.78 is 1.93. The highest BCUT2D eigenvalue weighted by atomic mass is 127. The van der Waals surface area contributed by atoms with Gasteiger partial charge in [-0.15, -0.1) is 11.3 Å². The quantitative estimate of drug-likeness (QED) is 0.598. The van der Waals surface area contributed by atoms with Gasteiger partial charge in [-0.25, -0.2) is 4.98 Å². The number of carbonyl (C=O) groups excluding carboxylic acids is 1. The topological polar surface area (TPSA) is 52.0 Å². The Morgan fingerprint density at radius 2 is 2.21 bits per heavy atom. The number of ketones is 1. The minimum Gasteiger partial charge on any atom is -0.291 e. The molecule has 0 aromatic carbocycles. The van der Waals surface area contributed by atoms with Crippen molar-refractivity contribution in [2.45, 2.75) is 26.8 Å². The van der Waals surface area contributed by atoms with Crippen LogP contribution in [0, 0.1) is 10.5 Å².